The Bertz CT molecular complexity index is 1940. The molecule has 0 saturated carbocycles. The van der Waals surface area contributed by atoms with Crippen molar-refractivity contribution < 1.29 is 36.4 Å². The first-order chi connectivity index (χ1) is 23.6. The number of nitrogens with zero attached hydrogens (tertiary/aromatic N) is 7. The molecule has 0 bridgehead atoms. The van der Waals surface area contributed by atoms with Crippen molar-refractivity contribution in [2.24, 2.45) is 5.92 Å². The first-order valence-corrected chi connectivity index (χ1v) is 16.1. The molecule has 2 aliphatic heterocycles. The highest BCUT2D eigenvalue weighted by Crippen LogP contribution is 2.36. The highest BCUT2D eigenvalue weighted by Gasteiger charge is 2.39. The number of halogens is 5. The molecule has 2 saturated heterocycles. The highest BCUT2D eigenvalue weighted by atomic mass is 35.5. The van der Waals surface area contributed by atoms with Crippen LogP contribution in [0.5, 0.6) is 0 Å². The number of benzene rings is 1. The van der Waals surface area contributed by atoms with E-state index in [1.165, 1.54) is 18.2 Å². The molecule has 0 aliphatic carbocycles. The van der Waals surface area contributed by atoms with Crippen LogP contribution in [0.4, 0.5) is 28.9 Å². The van der Waals surface area contributed by atoms with Gasteiger partial charge in [-0.2, -0.15) is 18.3 Å². The summed E-state index contributed by atoms with van der Waals surface area (Å²) in [5, 5.41) is 6.10. The van der Waals surface area contributed by atoms with Gasteiger partial charge in [-0.3, -0.25) is 14.4 Å². The first-order valence-electron chi connectivity index (χ1n) is 15.7. The molecule has 1 aromatic carbocycles. The van der Waals surface area contributed by atoms with Crippen molar-refractivity contribution in [3.8, 4) is 17.1 Å². The lowest BCUT2D eigenvalue weighted by atomic mass is 9.94. The van der Waals surface area contributed by atoms with Gasteiger partial charge in [-0.15, -0.1) is 0 Å². The van der Waals surface area contributed by atoms with E-state index in [4.69, 9.17) is 17.3 Å². The van der Waals surface area contributed by atoms with E-state index < -0.39 is 35.0 Å². The predicted octanol–water partition coefficient (Wildman–Crippen LogP) is 4.07. The number of hydrogen-bond acceptors (Lipinski definition) is 7. The number of nitrogens with two attached hydrogens (primary N) is 1. The fourth-order valence-electron chi connectivity index (χ4n) is 6.11. The Kier molecular flexibility index (Phi) is 9.30. The Balaban J connectivity index is 1.10. The summed E-state index contributed by atoms with van der Waals surface area (Å²) in [6.07, 6.45) is -0.255. The van der Waals surface area contributed by atoms with Crippen LogP contribution in [0.3, 0.4) is 0 Å². The lowest BCUT2D eigenvalue weighted by Gasteiger charge is -2.40. The van der Waals surface area contributed by atoms with Crippen molar-refractivity contribution in [3.63, 3.8) is 0 Å². The SMILES string of the molecule is C[N+]1(C)CCC(C(=O)N2CCN(C(=O)c3ccc(NC(=O)c4ncc(-c5cn(-c6ncc(N)cc6F)nc5C(F)(F)F)[nH]4)cc3Cl)CC2)CC1. The van der Waals surface area contributed by atoms with Crippen molar-refractivity contribution in [2.75, 3.05) is 64.4 Å². The number of nitrogen functional groups attached to an aromatic ring is 1. The lowest BCUT2D eigenvalue weighted by molar-refractivity contribution is -0.895. The second-order valence-corrected chi connectivity index (χ2v) is 13.4. The molecule has 0 unspecified atom stereocenters. The summed E-state index contributed by atoms with van der Waals surface area (Å²) < 4.78 is 57.6. The number of piperazine rings is 1. The number of likely N-dealkylation sites (tertiary alicyclic amines) is 1. The Labute approximate surface area is 288 Å². The number of quaternary nitrogens is 1. The Hall–Kier alpha value is -5.03. The van der Waals surface area contributed by atoms with Crippen molar-refractivity contribution in [3.05, 3.63) is 70.8 Å². The van der Waals surface area contributed by atoms with Gasteiger partial charge in [0.15, 0.2) is 23.2 Å². The molecule has 18 heteroatoms. The van der Waals surface area contributed by atoms with Crippen molar-refractivity contribution in [1.82, 2.24) is 34.5 Å². The minimum absolute atomic E-state index is 0.00791. The number of aromatic nitrogens is 5. The summed E-state index contributed by atoms with van der Waals surface area (Å²) in [5.41, 5.74) is 3.79. The predicted molar refractivity (Wildman–Crippen MR) is 175 cm³/mol. The summed E-state index contributed by atoms with van der Waals surface area (Å²) in [6, 6.07) is 5.19. The van der Waals surface area contributed by atoms with Gasteiger partial charge in [0.05, 0.1) is 67.1 Å². The van der Waals surface area contributed by atoms with Gasteiger partial charge in [0.1, 0.15) is 0 Å². The van der Waals surface area contributed by atoms with Gasteiger partial charge in [0.25, 0.3) is 11.8 Å². The minimum Gasteiger partial charge on any atom is -0.397 e. The van der Waals surface area contributed by atoms with E-state index in [0.717, 1.165) is 55.1 Å². The largest absolute Gasteiger partial charge is 0.435 e. The number of hydrogen-bond donors (Lipinski definition) is 3. The molecule has 0 spiro atoms. The molecule has 4 N–H and O–H groups in total. The maximum atomic E-state index is 14.4. The smallest absolute Gasteiger partial charge is 0.397 e. The minimum atomic E-state index is -4.94. The Morgan fingerprint density at radius 1 is 1.02 bits per heavy atom. The number of amides is 3. The number of carbonyl (C=O) groups excluding carboxylic acids is 3. The monoisotopic (exact) mass is 717 g/mol. The van der Waals surface area contributed by atoms with Crippen LogP contribution in [0.1, 0.15) is 39.5 Å². The van der Waals surface area contributed by atoms with E-state index in [0.29, 0.717) is 30.9 Å². The average molecular weight is 718 g/mol. The quantitative estimate of drug-likeness (QED) is 0.201. The molecular formula is C32H34ClF4N10O3+. The first kappa shape index (κ1) is 34.8. The van der Waals surface area contributed by atoms with Crippen LogP contribution in [-0.2, 0) is 11.0 Å². The summed E-state index contributed by atoms with van der Waals surface area (Å²) in [6.45, 7) is 3.47. The topological polar surface area (TPSA) is 155 Å². The zero-order chi connectivity index (χ0) is 36.0. The van der Waals surface area contributed by atoms with E-state index in [9.17, 15) is 31.9 Å². The normalized spacial score (nSPS) is 16.8. The van der Waals surface area contributed by atoms with Crippen LogP contribution in [0, 0.1) is 11.7 Å². The summed E-state index contributed by atoms with van der Waals surface area (Å²) >= 11 is 6.45. The Morgan fingerprint density at radius 2 is 1.70 bits per heavy atom. The molecule has 6 rings (SSSR count). The van der Waals surface area contributed by atoms with Crippen molar-refractivity contribution >= 4 is 40.7 Å². The number of alkyl halides is 3. The summed E-state index contributed by atoms with van der Waals surface area (Å²) in [7, 11) is 4.33. The third kappa shape index (κ3) is 7.28. The van der Waals surface area contributed by atoms with Gasteiger partial charge in [-0.25, -0.2) is 19.0 Å². The van der Waals surface area contributed by atoms with E-state index in [2.05, 4.69) is 39.5 Å². The molecule has 2 aliphatic rings. The molecule has 264 valence electrons. The Morgan fingerprint density at radius 3 is 2.34 bits per heavy atom. The van der Waals surface area contributed by atoms with Crippen LogP contribution >= 0.6 is 11.6 Å². The lowest BCUT2D eigenvalue weighted by Crippen LogP contribution is -2.54. The van der Waals surface area contributed by atoms with Crippen LogP contribution in [0.25, 0.3) is 17.1 Å². The van der Waals surface area contributed by atoms with Gasteiger partial charge >= 0.3 is 6.18 Å². The summed E-state index contributed by atoms with van der Waals surface area (Å²) in [4.78, 5) is 53.0. The zero-order valence-electron chi connectivity index (χ0n) is 27.1. The fraction of sp³-hybridized carbons (Fsp3) is 0.375. The van der Waals surface area contributed by atoms with Crippen LogP contribution in [-0.4, -0.2) is 110 Å². The maximum Gasteiger partial charge on any atom is 0.435 e. The number of aromatic amines is 1. The number of piperidine rings is 1. The molecule has 0 atom stereocenters. The molecular weight excluding hydrogens is 684 g/mol. The standard InChI is InChI=1S/C32H33ClF4N10O3/c1-47(2)11-5-18(6-12-47)30(49)44-7-9-45(10-8-44)31(50)21-4-3-20(14-23(21)33)41-29(48)27-39-16-25(42-27)22-17-46(43-26(22)32(35,36)37)28-24(34)13-19(38)15-40-28/h3-4,13-18H,5-12,38H2,1-2H3,(H-,39,41,42,48,50)/p+1. The maximum absolute atomic E-state index is 14.4. The number of H-pyrrole nitrogens is 1. The average Bonchev–Trinajstić information content (AvgIpc) is 3.73. The molecule has 0 radical (unpaired) electrons. The van der Waals surface area contributed by atoms with Gasteiger partial charge < -0.3 is 30.3 Å². The fourth-order valence-corrected chi connectivity index (χ4v) is 6.37. The van der Waals surface area contributed by atoms with E-state index >= 15 is 0 Å². The molecule has 5 heterocycles. The van der Waals surface area contributed by atoms with Gasteiger partial charge in [-0.05, 0) is 18.2 Å². The number of rotatable bonds is 6. The molecule has 3 aromatic heterocycles. The number of carbonyl (C=O) groups is 3. The third-order valence-electron chi connectivity index (χ3n) is 8.97. The molecule has 50 heavy (non-hydrogen) atoms. The molecule has 3 amide bonds. The van der Waals surface area contributed by atoms with Crippen molar-refractivity contribution in [2.45, 2.75) is 19.0 Å². The second-order valence-electron chi connectivity index (χ2n) is 13.0. The van der Waals surface area contributed by atoms with Crippen LogP contribution < -0.4 is 11.1 Å². The number of pyridine rings is 1. The van der Waals surface area contributed by atoms with E-state index in [-0.39, 0.29) is 51.2 Å². The molecule has 13 nitrogen and oxygen atoms in total. The van der Waals surface area contributed by atoms with E-state index in [1.54, 1.807) is 4.90 Å². The van der Waals surface area contributed by atoms with Gasteiger partial charge in [0, 0.05) is 62.9 Å². The van der Waals surface area contributed by atoms with Crippen LogP contribution in [0.2, 0.25) is 5.02 Å². The second kappa shape index (κ2) is 13.4. The number of nitrogens with one attached hydrogen (secondary N) is 2. The third-order valence-corrected chi connectivity index (χ3v) is 9.29. The highest BCUT2D eigenvalue weighted by molar-refractivity contribution is 6.34. The van der Waals surface area contributed by atoms with Gasteiger partial charge in [-0.1, -0.05) is 11.6 Å². The van der Waals surface area contributed by atoms with Crippen molar-refractivity contribution in [1.29, 1.82) is 0 Å². The van der Waals surface area contributed by atoms with Crippen LogP contribution in [0.15, 0.2) is 42.9 Å². The molecule has 4 aromatic rings. The number of imidazole rings is 1. The molecule has 2 fully saturated rings. The van der Waals surface area contributed by atoms with Gasteiger partial charge in [0.2, 0.25) is 5.91 Å². The summed E-state index contributed by atoms with van der Waals surface area (Å²) in [5.74, 6) is -2.81. The number of anilines is 2. The zero-order valence-corrected chi connectivity index (χ0v) is 27.9. The van der Waals surface area contributed by atoms with E-state index in [1.807, 2.05) is 4.90 Å².